The molecular formula is C12H15F3N2O. The number of phenols is 1. The number of hydrogen-bond donors (Lipinski definition) is 2. The van der Waals surface area contributed by atoms with Gasteiger partial charge in [-0.1, -0.05) is 0 Å². The molecule has 0 saturated heterocycles. The summed E-state index contributed by atoms with van der Waals surface area (Å²) < 4.78 is 37.3. The van der Waals surface area contributed by atoms with Gasteiger partial charge in [0.25, 0.3) is 0 Å². The van der Waals surface area contributed by atoms with Crippen molar-refractivity contribution in [3.05, 3.63) is 23.8 Å². The third-order valence-corrected chi connectivity index (χ3v) is 2.92. The predicted octanol–water partition coefficient (Wildman–Crippen LogP) is 2.50. The summed E-state index contributed by atoms with van der Waals surface area (Å²) in [5.74, 6) is -0.0166. The van der Waals surface area contributed by atoms with Crippen LogP contribution in [-0.2, 0) is 6.54 Å². The molecular weight excluding hydrogens is 245 g/mol. The van der Waals surface area contributed by atoms with Crippen molar-refractivity contribution in [2.24, 2.45) is 0 Å². The number of nitrogen functional groups attached to an aromatic ring is 1. The number of benzene rings is 1. The Balaban J connectivity index is 2.11. The van der Waals surface area contributed by atoms with Crippen LogP contribution >= 0.6 is 0 Å². The molecule has 1 aromatic rings. The number of hydrogen-bond acceptors (Lipinski definition) is 3. The van der Waals surface area contributed by atoms with E-state index in [1.165, 1.54) is 23.1 Å². The summed E-state index contributed by atoms with van der Waals surface area (Å²) in [4.78, 5) is 1.34. The number of nitrogens with zero attached hydrogens (tertiary/aromatic N) is 1. The zero-order valence-electron chi connectivity index (χ0n) is 9.74. The maximum atomic E-state index is 12.4. The minimum absolute atomic E-state index is 0.0166. The van der Waals surface area contributed by atoms with E-state index < -0.39 is 12.7 Å². The van der Waals surface area contributed by atoms with E-state index in [0.29, 0.717) is 11.3 Å². The van der Waals surface area contributed by atoms with E-state index in [1.54, 1.807) is 0 Å². The van der Waals surface area contributed by atoms with E-state index in [9.17, 15) is 18.3 Å². The van der Waals surface area contributed by atoms with Crippen LogP contribution < -0.4 is 5.73 Å². The summed E-state index contributed by atoms with van der Waals surface area (Å²) in [7, 11) is 0. The molecule has 0 aromatic heterocycles. The minimum Gasteiger partial charge on any atom is -0.508 e. The Morgan fingerprint density at radius 2 is 2.00 bits per heavy atom. The fourth-order valence-corrected chi connectivity index (χ4v) is 1.93. The SMILES string of the molecule is Nc1ccc(O)c(CN(CC(F)(F)F)C2CC2)c1. The van der Waals surface area contributed by atoms with Gasteiger partial charge in [0, 0.05) is 23.8 Å². The molecule has 18 heavy (non-hydrogen) atoms. The third-order valence-electron chi connectivity index (χ3n) is 2.92. The number of rotatable bonds is 4. The van der Waals surface area contributed by atoms with E-state index in [-0.39, 0.29) is 18.3 Å². The molecule has 0 radical (unpaired) electrons. The lowest BCUT2D eigenvalue weighted by Gasteiger charge is -2.23. The standard InChI is InChI=1S/C12H15F3N2O/c13-12(14,15)7-17(10-2-3-10)6-8-5-9(16)1-4-11(8)18/h1,4-5,10,18H,2-3,6-7,16H2. The number of phenolic OH excluding ortho intramolecular Hbond substituents is 1. The first kappa shape index (κ1) is 13.0. The first-order valence-electron chi connectivity index (χ1n) is 5.73. The molecule has 0 spiro atoms. The molecule has 0 atom stereocenters. The summed E-state index contributed by atoms with van der Waals surface area (Å²) in [6, 6.07) is 4.40. The Kier molecular flexibility index (Phi) is 3.38. The monoisotopic (exact) mass is 260 g/mol. The topological polar surface area (TPSA) is 49.5 Å². The normalized spacial score (nSPS) is 16.2. The van der Waals surface area contributed by atoms with Crippen LogP contribution in [0.1, 0.15) is 18.4 Å². The zero-order valence-corrected chi connectivity index (χ0v) is 9.74. The van der Waals surface area contributed by atoms with Crippen molar-refractivity contribution < 1.29 is 18.3 Å². The van der Waals surface area contributed by atoms with Crippen LogP contribution in [0.15, 0.2) is 18.2 Å². The first-order valence-corrected chi connectivity index (χ1v) is 5.73. The maximum Gasteiger partial charge on any atom is 0.401 e. The highest BCUT2D eigenvalue weighted by Gasteiger charge is 2.38. The van der Waals surface area contributed by atoms with Crippen LogP contribution in [0, 0.1) is 0 Å². The third kappa shape index (κ3) is 3.53. The van der Waals surface area contributed by atoms with Crippen LogP contribution in [0.3, 0.4) is 0 Å². The molecule has 1 fully saturated rings. The molecule has 2 rings (SSSR count). The lowest BCUT2D eigenvalue weighted by molar-refractivity contribution is -0.148. The Morgan fingerprint density at radius 1 is 1.33 bits per heavy atom. The molecule has 3 N–H and O–H groups in total. The average Bonchev–Trinajstić information content (AvgIpc) is 3.04. The quantitative estimate of drug-likeness (QED) is 0.646. The van der Waals surface area contributed by atoms with Crippen LogP contribution in [0.25, 0.3) is 0 Å². The lowest BCUT2D eigenvalue weighted by Crippen LogP contribution is -2.35. The van der Waals surface area contributed by atoms with Crippen LogP contribution in [0.4, 0.5) is 18.9 Å². The van der Waals surface area contributed by atoms with Crippen molar-refractivity contribution in [1.82, 2.24) is 4.90 Å². The van der Waals surface area contributed by atoms with Gasteiger partial charge in [-0.3, -0.25) is 4.90 Å². The Labute approximate surface area is 103 Å². The molecule has 6 heteroatoms. The number of nitrogens with two attached hydrogens (primary N) is 1. The lowest BCUT2D eigenvalue weighted by atomic mass is 10.1. The summed E-state index contributed by atoms with van der Waals surface area (Å²) in [6.07, 6.45) is -2.67. The van der Waals surface area contributed by atoms with Gasteiger partial charge >= 0.3 is 6.18 Å². The van der Waals surface area contributed by atoms with Gasteiger partial charge in [0.15, 0.2) is 0 Å². The summed E-state index contributed by atoms with van der Waals surface area (Å²) in [6.45, 7) is -0.882. The number of alkyl halides is 3. The van der Waals surface area contributed by atoms with Crippen molar-refractivity contribution in [2.45, 2.75) is 31.6 Å². The first-order chi connectivity index (χ1) is 8.35. The van der Waals surface area contributed by atoms with E-state index in [2.05, 4.69) is 0 Å². The predicted molar refractivity (Wildman–Crippen MR) is 62.0 cm³/mol. The molecule has 0 bridgehead atoms. The highest BCUT2D eigenvalue weighted by molar-refractivity contribution is 5.47. The Bertz CT molecular complexity index is 430. The second-order valence-corrected chi connectivity index (χ2v) is 4.64. The highest BCUT2D eigenvalue weighted by Crippen LogP contribution is 2.33. The van der Waals surface area contributed by atoms with Crippen molar-refractivity contribution >= 4 is 5.69 Å². The number of halogens is 3. The maximum absolute atomic E-state index is 12.4. The van der Waals surface area contributed by atoms with Gasteiger partial charge in [0.1, 0.15) is 5.75 Å². The van der Waals surface area contributed by atoms with E-state index in [0.717, 1.165) is 12.8 Å². The average molecular weight is 260 g/mol. The molecule has 1 saturated carbocycles. The van der Waals surface area contributed by atoms with Gasteiger partial charge in [-0.25, -0.2) is 0 Å². The highest BCUT2D eigenvalue weighted by atomic mass is 19.4. The molecule has 100 valence electrons. The zero-order chi connectivity index (χ0) is 13.3. The van der Waals surface area contributed by atoms with Gasteiger partial charge in [-0.15, -0.1) is 0 Å². The van der Waals surface area contributed by atoms with E-state index in [1.807, 2.05) is 0 Å². The fraction of sp³-hybridized carbons (Fsp3) is 0.500. The van der Waals surface area contributed by atoms with Gasteiger partial charge in [0.05, 0.1) is 6.54 Å². The van der Waals surface area contributed by atoms with Crippen molar-refractivity contribution in [3.63, 3.8) is 0 Å². The smallest absolute Gasteiger partial charge is 0.401 e. The number of aromatic hydroxyl groups is 1. The van der Waals surface area contributed by atoms with E-state index >= 15 is 0 Å². The van der Waals surface area contributed by atoms with Gasteiger partial charge in [0.2, 0.25) is 0 Å². The van der Waals surface area contributed by atoms with Crippen LogP contribution in [-0.4, -0.2) is 28.8 Å². The molecule has 0 unspecified atom stereocenters. The van der Waals surface area contributed by atoms with Crippen LogP contribution in [0.2, 0.25) is 0 Å². The molecule has 0 heterocycles. The van der Waals surface area contributed by atoms with E-state index in [4.69, 9.17) is 5.73 Å². The van der Waals surface area contributed by atoms with Gasteiger partial charge < -0.3 is 10.8 Å². The second-order valence-electron chi connectivity index (χ2n) is 4.64. The fourth-order valence-electron chi connectivity index (χ4n) is 1.93. The number of anilines is 1. The Hall–Kier alpha value is -1.43. The summed E-state index contributed by atoms with van der Waals surface area (Å²) in [5.41, 5.74) is 6.44. The molecule has 1 aliphatic rings. The van der Waals surface area contributed by atoms with Gasteiger partial charge in [-0.05, 0) is 31.0 Å². The van der Waals surface area contributed by atoms with Crippen molar-refractivity contribution in [1.29, 1.82) is 0 Å². The molecule has 0 aliphatic heterocycles. The summed E-state index contributed by atoms with van der Waals surface area (Å²) in [5, 5.41) is 9.62. The molecule has 3 nitrogen and oxygen atoms in total. The van der Waals surface area contributed by atoms with Crippen LogP contribution in [0.5, 0.6) is 5.75 Å². The summed E-state index contributed by atoms with van der Waals surface area (Å²) >= 11 is 0. The second kappa shape index (κ2) is 4.68. The molecule has 1 aromatic carbocycles. The minimum atomic E-state index is -4.22. The largest absolute Gasteiger partial charge is 0.508 e. The Morgan fingerprint density at radius 3 is 2.56 bits per heavy atom. The molecule has 0 amide bonds. The van der Waals surface area contributed by atoms with Crippen molar-refractivity contribution in [3.8, 4) is 5.75 Å². The molecule has 1 aliphatic carbocycles. The van der Waals surface area contributed by atoms with Gasteiger partial charge in [-0.2, -0.15) is 13.2 Å². The van der Waals surface area contributed by atoms with Crippen molar-refractivity contribution in [2.75, 3.05) is 12.3 Å².